The van der Waals surface area contributed by atoms with Crippen LogP contribution in [0.5, 0.6) is 0 Å². The van der Waals surface area contributed by atoms with Gasteiger partial charge in [-0.2, -0.15) is 0 Å². The molecule has 110 valence electrons. The van der Waals surface area contributed by atoms with Crippen molar-refractivity contribution in [2.24, 2.45) is 5.41 Å². The van der Waals surface area contributed by atoms with Gasteiger partial charge >= 0.3 is 6.09 Å². The third kappa shape index (κ3) is 2.35. The van der Waals surface area contributed by atoms with Crippen molar-refractivity contribution in [1.82, 2.24) is 4.90 Å². The van der Waals surface area contributed by atoms with Crippen LogP contribution in [0.2, 0.25) is 0 Å². The number of carbonyl (C=O) groups is 1. The molecule has 0 saturated carbocycles. The first kappa shape index (κ1) is 14.6. The quantitative estimate of drug-likeness (QED) is 0.735. The van der Waals surface area contributed by atoms with E-state index in [1.165, 1.54) is 0 Å². The summed E-state index contributed by atoms with van der Waals surface area (Å²) in [5.41, 5.74) is -1.51. The highest BCUT2D eigenvalue weighted by molar-refractivity contribution is 5.70. The van der Waals surface area contributed by atoms with E-state index in [4.69, 9.17) is 4.74 Å². The topological polar surface area (TPSA) is 49.8 Å². The highest BCUT2D eigenvalue weighted by Crippen LogP contribution is 2.52. The molecule has 4 nitrogen and oxygen atoms in total. The van der Waals surface area contributed by atoms with Gasteiger partial charge in [0.2, 0.25) is 0 Å². The molecule has 0 radical (unpaired) electrons. The summed E-state index contributed by atoms with van der Waals surface area (Å²) in [6.45, 7) is 11.7. The van der Waals surface area contributed by atoms with E-state index in [-0.39, 0.29) is 23.6 Å². The Morgan fingerprint density at radius 1 is 1.21 bits per heavy atom. The molecular weight excluding hydrogens is 242 g/mol. The lowest BCUT2D eigenvalue weighted by Gasteiger charge is -2.43. The molecular formula is C15H27NO3. The van der Waals surface area contributed by atoms with Crippen LogP contribution in [0.15, 0.2) is 0 Å². The van der Waals surface area contributed by atoms with Gasteiger partial charge in [0.1, 0.15) is 5.60 Å². The molecule has 0 spiro atoms. The van der Waals surface area contributed by atoms with Gasteiger partial charge < -0.3 is 9.84 Å². The Labute approximate surface area is 116 Å². The summed E-state index contributed by atoms with van der Waals surface area (Å²) in [4.78, 5) is 14.1. The number of aliphatic hydroxyl groups is 1. The van der Waals surface area contributed by atoms with E-state index < -0.39 is 11.2 Å². The maximum atomic E-state index is 12.3. The zero-order valence-electron chi connectivity index (χ0n) is 13.0. The van der Waals surface area contributed by atoms with E-state index in [1.54, 1.807) is 4.90 Å². The lowest BCUT2D eigenvalue weighted by atomic mass is 9.68. The summed E-state index contributed by atoms with van der Waals surface area (Å²) < 4.78 is 5.48. The fourth-order valence-electron chi connectivity index (χ4n) is 3.44. The van der Waals surface area contributed by atoms with Crippen LogP contribution in [-0.2, 0) is 4.74 Å². The van der Waals surface area contributed by atoms with E-state index in [1.807, 2.05) is 41.5 Å². The predicted molar refractivity (Wildman–Crippen MR) is 73.9 cm³/mol. The zero-order valence-corrected chi connectivity index (χ0v) is 13.0. The van der Waals surface area contributed by atoms with Crippen LogP contribution in [-0.4, -0.2) is 39.4 Å². The third-order valence-electron chi connectivity index (χ3n) is 4.50. The molecule has 1 amide bonds. The maximum Gasteiger partial charge on any atom is 0.410 e. The van der Waals surface area contributed by atoms with E-state index >= 15 is 0 Å². The Kier molecular flexibility index (Phi) is 3.17. The predicted octanol–water partition coefficient (Wildman–Crippen LogP) is 2.94. The van der Waals surface area contributed by atoms with Gasteiger partial charge in [-0.05, 0) is 45.4 Å². The Morgan fingerprint density at radius 3 is 2.21 bits per heavy atom. The van der Waals surface area contributed by atoms with Crippen molar-refractivity contribution in [1.29, 1.82) is 0 Å². The standard InChI is InChI=1S/C15H27NO3/c1-13(2,3)15(18)9-10-7-8-11(15)16(10)12(17)19-14(4,5)6/h10-11,18H,7-9H2,1-6H3/t10-,11+,15-/m0/s1. The molecule has 0 aliphatic carbocycles. The van der Waals surface area contributed by atoms with Crippen molar-refractivity contribution >= 4 is 6.09 Å². The SMILES string of the molecule is CC(C)(C)OC(=O)N1[C@H]2CC[C@@H]1[C@](O)(C(C)(C)C)C2. The summed E-state index contributed by atoms with van der Waals surface area (Å²) in [6, 6.07) is 0.0245. The van der Waals surface area contributed by atoms with Crippen LogP contribution in [0.1, 0.15) is 60.8 Å². The van der Waals surface area contributed by atoms with Crippen LogP contribution in [0, 0.1) is 5.41 Å². The van der Waals surface area contributed by atoms with Gasteiger partial charge in [0.05, 0.1) is 11.6 Å². The molecule has 19 heavy (non-hydrogen) atoms. The number of nitrogens with zero attached hydrogens (tertiary/aromatic N) is 1. The number of hydrogen-bond donors (Lipinski definition) is 1. The average molecular weight is 269 g/mol. The average Bonchev–Trinajstić information content (AvgIpc) is 2.68. The minimum absolute atomic E-state index is 0.104. The monoisotopic (exact) mass is 269 g/mol. The Hall–Kier alpha value is -0.770. The number of hydrogen-bond acceptors (Lipinski definition) is 3. The van der Waals surface area contributed by atoms with Crippen molar-refractivity contribution in [3.63, 3.8) is 0 Å². The lowest BCUT2D eigenvalue weighted by molar-refractivity contribution is -0.0856. The minimum atomic E-state index is -0.799. The number of carbonyl (C=O) groups excluding carboxylic acids is 1. The Balaban J connectivity index is 2.20. The first-order valence-corrected chi connectivity index (χ1v) is 7.19. The summed E-state index contributed by atoms with van der Waals surface area (Å²) in [6.07, 6.45) is 2.24. The van der Waals surface area contributed by atoms with Crippen LogP contribution in [0.4, 0.5) is 4.79 Å². The fourth-order valence-corrected chi connectivity index (χ4v) is 3.44. The molecule has 0 aromatic heterocycles. The van der Waals surface area contributed by atoms with Gasteiger partial charge in [0.25, 0.3) is 0 Å². The summed E-state index contributed by atoms with van der Waals surface area (Å²) in [5.74, 6) is 0. The van der Waals surface area contributed by atoms with Crippen molar-refractivity contribution in [3.05, 3.63) is 0 Å². The largest absolute Gasteiger partial charge is 0.444 e. The molecule has 0 unspecified atom stereocenters. The molecule has 0 aromatic carbocycles. The van der Waals surface area contributed by atoms with Gasteiger partial charge in [-0.3, -0.25) is 4.90 Å². The number of fused-ring (bicyclic) bond motifs is 2. The highest BCUT2D eigenvalue weighted by Gasteiger charge is 2.62. The first-order chi connectivity index (χ1) is 8.46. The van der Waals surface area contributed by atoms with Crippen LogP contribution in [0.25, 0.3) is 0 Å². The molecule has 2 aliphatic heterocycles. The number of rotatable bonds is 0. The van der Waals surface area contributed by atoms with Crippen LogP contribution < -0.4 is 0 Å². The van der Waals surface area contributed by atoms with Crippen molar-refractivity contribution < 1.29 is 14.6 Å². The van der Waals surface area contributed by atoms with Gasteiger partial charge in [-0.1, -0.05) is 20.8 Å². The summed E-state index contributed by atoms with van der Waals surface area (Å²) in [5, 5.41) is 11.0. The Bertz CT molecular complexity index is 380. The number of ether oxygens (including phenoxy) is 1. The second-order valence-electron chi connectivity index (χ2n) is 8.01. The molecule has 2 fully saturated rings. The molecule has 3 atom stereocenters. The van der Waals surface area contributed by atoms with E-state index in [0.717, 1.165) is 12.8 Å². The second kappa shape index (κ2) is 4.11. The normalized spacial score (nSPS) is 34.8. The fraction of sp³-hybridized carbons (Fsp3) is 0.933. The van der Waals surface area contributed by atoms with Crippen molar-refractivity contribution in [2.45, 2.75) is 84.1 Å². The second-order valence-corrected chi connectivity index (χ2v) is 8.01. The third-order valence-corrected chi connectivity index (χ3v) is 4.50. The van der Waals surface area contributed by atoms with Gasteiger partial charge in [0, 0.05) is 6.04 Å². The van der Waals surface area contributed by atoms with Crippen molar-refractivity contribution in [3.8, 4) is 0 Å². The van der Waals surface area contributed by atoms with Crippen LogP contribution >= 0.6 is 0 Å². The summed E-state index contributed by atoms with van der Waals surface area (Å²) >= 11 is 0. The van der Waals surface area contributed by atoms with Gasteiger partial charge in [-0.25, -0.2) is 4.79 Å². The highest BCUT2D eigenvalue weighted by atomic mass is 16.6. The van der Waals surface area contributed by atoms with E-state index in [0.29, 0.717) is 6.42 Å². The summed E-state index contributed by atoms with van der Waals surface area (Å²) in [7, 11) is 0. The van der Waals surface area contributed by atoms with Gasteiger partial charge in [0.15, 0.2) is 0 Å². The first-order valence-electron chi connectivity index (χ1n) is 7.19. The van der Waals surface area contributed by atoms with Crippen LogP contribution in [0.3, 0.4) is 0 Å². The van der Waals surface area contributed by atoms with E-state index in [2.05, 4.69) is 0 Å². The molecule has 2 aliphatic rings. The van der Waals surface area contributed by atoms with Crippen molar-refractivity contribution in [2.75, 3.05) is 0 Å². The minimum Gasteiger partial charge on any atom is -0.444 e. The lowest BCUT2D eigenvalue weighted by Crippen LogP contribution is -2.53. The molecule has 0 aromatic rings. The zero-order chi connectivity index (χ0) is 14.6. The molecule has 2 bridgehead atoms. The maximum absolute atomic E-state index is 12.3. The number of amides is 1. The molecule has 2 heterocycles. The molecule has 4 heteroatoms. The smallest absolute Gasteiger partial charge is 0.410 e. The molecule has 1 N–H and O–H groups in total. The van der Waals surface area contributed by atoms with Gasteiger partial charge in [-0.15, -0.1) is 0 Å². The van der Waals surface area contributed by atoms with E-state index in [9.17, 15) is 9.90 Å². The Morgan fingerprint density at radius 2 is 1.79 bits per heavy atom. The molecule has 2 saturated heterocycles. The molecule has 2 rings (SSSR count).